The van der Waals surface area contributed by atoms with Gasteiger partial charge in [-0.25, -0.2) is 8.42 Å². The lowest BCUT2D eigenvalue weighted by molar-refractivity contribution is -0.140. The van der Waals surface area contributed by atoms with Crippen LogP contribution in [0.3, 0.4) is 0 Å². The summed E-state index contributed by atoms with van der Waals surface area (Å²) in [5, 5.41) is 4.03. The fourth-order valence-corrected chi connectivity index (χ4v) is 7.17. The lowest BCUT2D eigenvalue weighted by Gasteiger charge is -2.35. The lowest BCUT2D eigenvalue weighted by Crippen LogP contribution is -2.56. The molecule has 242 valence electrons. The van der Waals surface area contributed by atoms with Crippen LogP contribution in [0.4, 0.5) is 5.69 Å². The zero-order valence-electron chi connectivity index (χ0n) is 25.4. The second-order valence-electron chi connectivity index (χ2n) is 11.7. The summed E-state index contributed by atoms with van der Waals surface area (Å²) >= 11 is 25.3. The van der Waals surface area contributed by atoms with Gasteiger partial charge in [0.15, 0.2) is 0 Å². The molecule has 7 nitrogen and oxygen atoms in total. The summed E-state index contributed by atoms with van der Waals surface area (Å²) in [5.74, 6) is -1.08. The van der Waals surface area contributed by atoms with Crippen molar-refractivity contribution in [3.8, 4) is 0 Å². The Hall–Kier alpha value is -3.27. The molecule has 0 heterocycles. The second kappa shape index (κ2) is 15.1. The Morgan fingerprint density at radius 2 is 1.37 bits per heavy atom. The largest absolute Gasteiger partial charge is 0.350 e. The molecule has 4 rings (SSSR count). The summed E-state index contributed by atoms with van der Waals surface area (Å²) in [6.45, 7) is 4.73. The molecule has 0 saturated carbocycles. The van der Waals surface area contributed by atoms with E-state index < -0.39 is 40.0 Å². The number of hydrogen-bond donors (Lipinski definition) is 1. The van der Waals surface area contributed by atoms with Gasteiger partial charge in [0.05, 0.1) is 10.6 Å². The maximum atomic E-state index is 14.6. The Balaban J connectivity index is 1.86. The highest BCUT2D eigenvalue weighted by Gasteiger charge is 2.36. The number of carbonyl (C=O) groups is 2. The first-order chi connectivity index (χ1) is 21.6. The molecule has 0 fully saturated rings. The van der Waals surface area contributed by atoms with Gasteiger partial charge in [-0.05, 0) is 74.4 Å². The number of carbonyl (C=O) groups excluding carboxylic acids is 2. The first-order valence-electron chi connectivity index (χ1n) is 14.3. The third-order valence-corrected chi connectivity index (χ3v) is 9.68. The van der Waals surface area contributed by atoms with Crippen molar-refractivity contribution >= 4 is 73.9 Å². The molecule has 1 unspecified atom stereocenters. The molecule has 0 saturated heterocycles. The highest BCUT2D eigenvalue weighted by atomic mass is 35.5. The Bertz CT molecular complexity index is 1780. The van der Waals surface area contributed by atoms with Gasteiger partial charge >= 0.3 is 0 Å². The van der Waals surface area contributed by atoms with Gasteiger partial charge in [-0.1, -0.05) is 101 Å². The average Bonchev–Trinajstić information content (AvgIpc) is 2.98. The van der Waals surface area contributed by atoms with Crippen molar-refractivity contribution in [1.29, 1.82) is 0 Å². The van der Waals surface area contributed by atoms with E-state index in [1.54, 1.807) is 36.4 Å². The van der Waals surface area contributed by atoms with Crippen LogP contribution in [0.15, 0.2) is 102 Å². The molecular weight excluding hydrogens is 688 g/mol. The van der Waals surface area contributed by atoms with Gasteiger partial charge < -0.3 is 10.2 Å². The van der Waals surface area contributed by atoms with Crippen molar-refractivity contribution in [2.75, 3.05) is 10.8 Å². The van der Waals surface area contributed by atoms with Crippen LogP contribution in [-0.2, 0) is 32.6 Å². The van der Waals surface area contributed by atoms with Gasteiger partial charge in [-0.2, -0.15) is 0 Å². The molecule has 1 N–H and O–H groups in total. The van der Waals surface area contributed by atoms with Crippen LogP contribution in [0, 0.1) is 0 Å². The first kappa shape index (κ1) is 35.6. The van der Waals surface area contributed by atoms with Crippen LogP contribution >= 0.6 is 46.4 Å². The van der Waals surface area contributed by atoms with Crippen molar-refractivity contribution in [3.05, 3.63) is 128 Å². The third-order valence-electron chi connectivity index (χ3n) is 6.87. The van der Waals surface area contributed by atoms with Gasteiger partial charge in [0.1, 0.15) is 12.6 Å². The van der Waals surface area contributed by atoms with Crippen LogP contribution in [0.25, 0.3) is 0 Å². The Labute approximate surface area is 290 Å². The van der Waals surface area contributed by atoms with E-state index >= 15 is 0 Å². The molecule has 12 heteroatoms. The number of amides is 2. The molecule has 0 aliphatic heterocycles. The number of sulfonamides is 1. The van der Waals surface area contributed by atoms with Crippen molar-refractivity contribution in [2.24, 2.45) is 0 Å². The fourth-order valence-electron chi connectivity index (χ4n) is 4.77. The van der Waals surface area contributed by atoms with Gasteiger partial charge in [-0.3, -0.25) is 13.9 Å². The van der Waals surface area contributed by atoms with Crippen molar-refractivity contribution in [2.45, 2.75) is 50.2 Å². The molecule has 46 heavy (non-hydrogen) atoms. The first-order valence-corrected chi connectivity index (χ1v) is 17.2. The zero-order chi connectivity index (χ0) is 33.6. The fraction of sp³-hybridized carbons (Fsp3) is 0.235. The molecule has 0 radical (unpaired) electrons. The molecule has 0 aliphatic carbocycles. The minimum atomic E-state index is -4.31. The van der Waals surface area contributed by atoms with Crippen molar-refractivity contribution < 1.29 is 18.0 Å². The molecule has 4 aromatic rings. The smallest absolute Gasteiger partial charge is 0.264 e. The quantitative estimate of drug-likeness (QED) is 0.170. The molecule has 4 aromatic carbocycles. The molecule has 0 aliphatic rings. The Morgan fingerprint density at radius 1 is 0.783 bits per heavy atom. The van der Waals surface area contributed by atoms with E-state index in [-0.39, 0.29) is 38.6 Å². The van der Waals surface area contributed by atoms with Crippen LogP contribution in [-0.4, -0.2) is 43.3 Å². The molecule has 0 aromatic heterocycles. The predicted molar refractivity (Wildman–Crippen MR) is 186 cm³/mol. The summed E-state index contributed by atoms with van der Waals surface area (Å²) in [5.41, 5.74) is 0.771. The SMILES string of the molecule is CC(C)(C)NC(=O)C(Cc1ccccc1)N(Cc1ccc(Cl)cc1Cl)C(=O)CN(c1cc(Cl)cc(Cl)c1)S(=O)(=O)c1ccccc1. The van der Waals surface area contributed by atoms with Crippen molar-refractivity contribution in [1.82, 2.24) is 10.2 Å². The molecular formula is C34H33Cl4N3O4S. The van der Waals surface area contributed by atoms with E-state index in [1.165, 1.54) is 35.2 Å². The van der Waals surface area contributed by atoms with Gasteiger partial charge in [0.25, 0.3) is 10.0 Å². The number of nitrogens with zero attached hydrogens (tertiary/aromatic N) is 2. The Kier molecular flexibility index (Phi) is 11.7. The molecule has 1 atom stereocenters. The van der Waals surface area contributed by atoms with Crippen LogP contribution in [0.2, 0.25) is 20.1 Å². The van der Waals surface area contributed by atoms with Gasteiger partial charge in [0, 0.05) is 38.6 Å². The predicted octanol–water partition coefficient (Wildman–Crippen LogP) is 8.05. The van der Waals surface area contributed by atoms with Crippen LogP contribution in [0.1, 0.15) is 31.9 Å². The topological polar surface area (TPSA) is 86.8 Å². The van der Waals surface area contributed by atoms with E-state index in [4.69, 9.17) is 46.4 Å². The second-order valence-corrected chi connectivity index (χ2v) is 15.2. The number of anilines is 1. The molecule has 0 spiro atoms. The van der Waals surface area contributed by atoms with Gasteiger partial charge in [-0.15, -0.1) is 0 Å². The minimum Gasteiger partial charge on any atom is -0.350 e. The van der Waals surface area contributed by atoms with E-state index in [9.17, 15) is 18.0 Å². The standard InChI is InChI=1S/C34H33Cl4N3O4S/c1-34(2,3)39-33(43)31(16-23-10-6-4-7-11-23)40(21-24-14-15-25(35)20-30(24)38)32(42)22-41(28-18-26(36)17-27(37)19-28)46(44,45)29-12-8-5-9-13-29/h4-15,17-20,31H,16,21-22H2,1-3H3,(H,39,43). The number of nitrogens with one attached hydrogen (secondary N) is 1. The normalized spacial score (nSPS) is 12.3. The average molecular weight is 722 g/mol. The van der Waals surface area contributed by atoms with Crippen LogP contribution in [0.5, 0.6) is 0 Å². The number of rotatable bonds is 11. The summed E-state index contributed by atoms with van der Waals surface area (Å²) in [6.07, 6.45) is 0.147. The summed E-state index contributed by atoms with van der Waals surface area (Å²) in [7, 11) is -4.31. The minimum absolute atomic E-state index is 0.0440. The highest BCUT2D eigenvalue weighted by molar-refractivity contribution is 7.92. The highest BCUT2D eigenvalue weighted by Crippen LogP contribution is 2.31. The summed E-state index contributed by atoms with van der Waals surface area (Å²) < 4.78 is 29.1. The Morgan fingerprint density at radius 3 is 1.93 bits per heavy atom. The summed E-state index contributed by atoms with van der Waals surface area (Å²) in [6, 6.07) is 25.0. The van der Waals surface area contributed by atoms with Crippen molar-refractivity contribution in [3.63, 3.8) is 0 Å². The van der Waals surface area contributed by atoms with E-state index in [0.717, 1.165) is 9.87 Å². The van der Waals surface area contributed by atoms with Gasteiger partial charge in [0.2, 0.25) is 11.8 Å². The van der Waals surface area contributed by atoms with E-state index in [2.05, 4.69) is 5.32 Å². The number of hydrogen-bond acceptors (Lipinski definition) is 4. The van der Waals surface area contributed by atoms with E-state index in [0.29, 0.717) is 10.6 Å². The third kappa shape index (κ3) is 9.39. The maximum Gasteiger partial charge on any atom is 0.264 e. The monoisotopic (exact) mass is 719 g/mol. The number of benzene rings is 4. The van der Waals surface area contributed by atoms with E-state index in [1.807, 2.05) is 51.1 Å². The lowest BCUT2D eigenvalue weighted by atomic mass is 10.0. The van der Waals surface area contributed by atoms with Crippen LogP contribution < -0.4 is 9.62 Å². The molecule has 2 amide bonds. The molecule has 0 bridgehead atoms. The number of halogens is 4. The maximum absolute atomic E-state index is 14.6. The summed E-state index contributed by atoms with van der Waals surface area (Å²) in [4.78, 5) is 29.8. The zero-order valence-corrected chi connectivity index (χ0v) is 29.2.